The van der Waals surface area contributed by atoms with Crippen LogP contribution in [-0.2, 0) is 28.4 Å². The van der Waals surface area contributed by atoms with Gasteiger partial charge in [-0.25, -0.2) is 9.59 Å². The summed E-state index contributed by atoms with van der Waals surface area (Å²) >= 11 is 0. The van der Waals surface area contributed by atoms with Gasteiger partial charge in [-0.3, -0.25) is 0 Å². The maximum atomic E-state index is 12.2. The van der Waals surface area contributed by atoms with Crippen LogP contribution in [0.15, 0.2) is 24.3 Å². The minimum absolute atomic E-state index is 0.0832. The highest BCUT2D eigenvalue weighted by molar-refractivity contribution is 6.03. The first kappa shape index (κ1) is 20.0. The highest BCUT2D eigenvalue weighted by Gasteiger charge is 2.21. The standard InChI is InChI=1S/C16H22O8/c1-19-13(20-2)9-23-15(17)11-7-5-6-8-12(11)16(18)24-10-14(21-3)22-4/h5-8,13-14H,9-10H2,1-4H3. The normalized spacial score (nSPS) is 10.9. The van der Waals surface area contributed by atoms with Crippen molar-refractivity contribution < 1.29 is 38.0 Å². The van der Waals surface area contributed by atoms with Crippen LogP contribution in [0.4, 0.5) is 0 Å². The van der Waals surface area contributed by atoms with Gasteiger partial charge < -0.3 is 28.4 Å². The molecule has 0 heterocycles. The zero-order chi connectivity index (χ0) is 17.9. The third-order valence-electron chi connectivity index (χ3n) is 3.12. The van der Waals surface area contributed by atoms with E-state index in [2.05, 4.69) is 0 Å². The summed E-state index contributed by atoms with van der Waals surface area (Å²) in [7, 11) is 5.70. The SMILES string of the molecule is COC(COC(=O)c1ccccc1C(=O)OCC(OC)OC)OC. The molecule has 24 heavy (non-hydrogen) atoms. The van der Waals surface area contributed by atoms with Crippen molar-refractivity contribution in [1.29, 1.82) is 0 Å². The number of carbonyl (C=O) groups is 2. The molecule has 0 N–H and O–H groups in total. The van der Waals surface area contributed by atoms with Crippen molar-refractivity contribution in [3.63, 3.8) is 0 Å². The molecule has 0 spiro atoms. The van der Waals surface area contributed by atoms with E-state index in [9.17, 15) is 9.59 Å². The third kappa shape index (κ3) is 5.89. The molecule has 1 aromatic carbocycles. The zero-order valence-corrected chi connectivity index (χ0v) is 14.1. The molecule has 0 fully saturated rings. The van der Waals surface area contributed by atoms with E-state index < -0.39 is 24.5 Å². The lowest BCUT2D eigenvalue weighted by atomic mass is 10.1. The van der Waals surface area contributed by atoms with Gasteiger partial charge in [-0.1, -0.05) is 12.1 Å². The number of rotatable bonds is 10. The topological polar surface area (TPSA) is 89.5 Å². The van der Waals surface area contributed by atoms with Crippen molar-refractivity contribution in [1.82, 2.24) is 0 Å². The largest absolute Gasteiger partial charge is 0.457 e. The quantitative estimate of drug-likeness (QED) is 0.463. The minimum atomic E-state index is -0.684. The maximum absolute atomic E-state index is 12.2. The second-order valence-corrected chi connectivity index (χ2v) is 4.54. The summed E-state index contributed by atoms with van der Waals surface area (Å²) in [5.74, 6) is -1.37. The van der Waals surface area contributed by atoms with E-state index in [-0.39, 0.29) is 24.3 Å². The minimum Gasteiger partial charge on any atom is -0.457 e. The van der Waals surface area contributed by atoms with E-state index >= 15 is 0 Å². The number of benzene rings is 1. The van der Waals surface area contributed by atoms with Crippen molar-refractivity contribution in [2.45, 2.75) is 12.6 Å². The molecule has 0 bridgehead atoms. The number of esters is 2. The van der Waals surface area contributed by atoms with Crippen LogP contribution in [-0.4, -0.2) is 66.2 Å². The van der Waals surface area contributed by atoms with Gasteiger partial charge in [0.1, 0.15) is 13.2 Å². The van der Waals surface area contributed by atoms with E-state index in [1.807, 2.05) is 0 Å². The first-order chi connectivity index (χ1) is 11.6. The molecule has 0 amide bonds. The van der Waals surface area contributed by atoms with Crippen LogP contribution >= 0.6 is 0 Å². The summed E-state index contributed by atoms with van der Waals surface area (Å²) in [4.78, 5) is 24.3. The molecule has 134 valence electrons. The average Bonchev–Trinajstić information content (AvgIpc) is 2.63. The summed E-state index contributed by atoms with van der Waals surface area (Å²) in [6.45, 7) is -0.213. The lowest BCUT2D eigenvalue weighted by Crippen LogP contribution is -2.25. The van der Waals surface area contributed by atoms with Crippen LogP contribution in [0.5, 0.6) is 0 Å². The number of hydrogen-bond acceptors (Lipinski definition) is 8. The van der Waals surface area contributed by atoms with Gasteiger partial charge in [0.15, 0.2) is 12.6 Å². The first-order valence-electron chi connectivity index (χ1n) is 7.11. The molecular formula is C16H22O8. The van der Waals surface area contributed by atoms with E-state index in [1.165, 1.54) is 40.6 Å². The highest BCUT2D eigenvalue weighted by Crippen LogP contribution is 2.13. The Bertz CT molecular complexity index is 476. The van der Waals surface area contributed by atoms with Gasteiger partial charge in [0.2, 0.25) is 0 Å². The molecule has 0 aliphatic carbocycles. The van der Waals surface area contributed by atoms with Crippen LogP contribution in [0.1, 0.15) is 20.7 Å². The van der Waals surface area contributed by atoms with Crippen molar-refractivity contribution in [2.75, 3.05) is 41.7 Å². The fraction of sp³-hybridized carbons (Fsp3) is 0.500. The van der Waals surface area contributed by atoms with Crippen molar-refractivity contribution in [3.8, 4) is 0 Å². The van der Waals surface area contributed by atoms with Crippen molar-refractivity contribution in [3.05, 3.63) is 35.4 Å². The van der Waals surface area contributed by atoms with Crippen LogP contribution < -0.4 is 0 Å². The van der Waals surface area contributed by atoms with Gasteiger partial charge >= 0.3 is 11.9 Å². The van der Waals surface area contributed by atoms with E-state index in [0.717, 1.165) is 0 Å². The van der Waals surface area contributed by atoms with E-state index in [1.54, 1.807) is 12.1 Å². The third-order valence-corrected chi connectivity index (χ3v) is 3.12. The van der Waals surface area contributed by atoms with Crippen molar-refractivity contribution in [2.24, 2.45) is 0 Å². The predicted octanol–water partition coefficient (Wildman–Crippen LogP) is 1.24. The highest BCUT2D eigenvalue weighted by atomic mass is 16.7. The van der Waals surface area contributed by atoms with Gasteiger partial charge in [-0.05, 0) is 12.1 Å². The molecule has 0 unspecified atom stereocenters. The van der Waals surface area contributed by atoms with Crippen LogP contribution in [0, 0.1) is 0 Å². The monoisotopic (exact) mass is 342 g/mol. The summed E-state index contributed by atoms with van der Waals surface area (Å²) in [6, 6.07) is 6.17. The Morgan fingerprint density at radius 3 is 1.38 bits per heavy atom. The zero-order valence-electron chi connectivity index (χ0n) is 14.1. The fourth-order valence-corrected chi connectivity index (χ4v) is 1.75. The lowest BCUT2D eigenvalue weighted by Gasteiger charge is -2.15. The summed E-state index contributed by atoms with van der Waals surface area (Å²) in [6.07, 6.45) is -1.37. The molecule has 0 radical (unpaired) electrons. The Labute approximate surface area is 140 Å². The molecule has 1 aromatic rings. The predicted molar refractivity (Wildman–Crippen MR) is 82.6 cm³/mol. The van der Waals surface area contributed by atoms with Gasteiger partial charge in [0.05, 0.1) is 11.1 Å². The summed E-state index contributed by atoms with van der Waals surface area (Å²) in [5, 5.41) is 0. The first-order valence-corrected chi connectivity index (χ1v) is 7.11. The van der Waals surface area contributed by atoms with Crippen LogP contribution in [0.25, 0.3) is 0 Å². The molecule has 0 aliphatic rings. The number of ether oxygens (including phenoxy) is 6. The fourth-order valence-electron chi connectivity index (χ4n) is 1.75. The molecule has 0 saturated heterocycles. The van der Waals surface area contributed by atoms with Gasteiger partial charge in [0, 0.05) is 28.4 Å². The molecule has 0 aromatic heterocycles. The Kier molecular flexibility index (Phi) is 8.95. The number of carbonyl (C=O) groups excluding carboxylic acids is 2. The van der Waals surface area contributed by atoms with Crippen LogP contribution in [0.2, 0.25) is 0 Å². The van der Waals surface area contributed by atoms with Gasteiger partial charge in [-0.15, -0.1) is 0 Å². The molecule has 0 aliphatic heterocycles. The van der Waals surface area contributed by atoms with Crippen LogP contribution in [0.3, 0.4) is 0 Å². The molecule has 0 atom stereocenters. The van der Waals surface area contributed by atoms with Gasteiger partial charge in [-0.2, -0.15) is 0 Å². The smallest absolute Gasteiger partial charge is 0.339 e. The second-order valence-electron chi connectivity index (χ2n) is 4.54. The molecular weight excluding hydrogens is 320 g/mol. The Morgan fingerprint density at radius 1 is 0.750 bits per heavy atom. The molecule has 8 nitrogen and oxygen atoms in total. The number of hydrogen-bond donors (Lipinski definition) is 0. The molecule has 0 saturated carbocycles. The Hall–Kier alpha value is -2.00. The summed E-state index contributed by atoms with van der Waals surface area (Å²) < 4.78 is 29.9. The van der Waals surface area contributed by atoms with E-state index in [0.29, 0.717) is 0 Å². The van der Waals surface area contributed by atoms with Crippen molar-refractivity contribution >= 4 is 11.9 Å². The number of methoxy groups -OCH3 is 4. The molecule has 8 heteroatoms. The van der Waals surface area contributed by atoms with Gasteiger partial charge in [0.25, 0.3) is 0 Å². The van der Waals surface area contributed by atoms with E-state index in [4.69, 9.17) is 28.4 Å². The lowest BCUT2D eigenvalue weighted by molar-refractivity contribution is -0.130. The Balaban J connectivity index is 2.76. The maximum Gasteiger partial charge on any atom is 0.339 e. The molecule has 1 rings (SSSR count). The Morgan fingerprint density at radius 2 is 1.08 bits per heavy atom. The second kappa shape index (κ2) is 10.7. The summed E-state index contributed by atoms with van der Waals surface area (Å²) in [5.41, 5.74) is 0.166. The average molecular weight is 342 g/mol.